The summed E-state index contributed by atoms with van der Waals surface area (Å²) in [6.45, 7) is 2.20. The highest BCUT2D eigenvalue weighted by molar-refractivity contribution is 7.12. The summed E-state index contributed by atoms with van der Waals surface area (Å²) >= 11 is 1.40. The quantitative estimate of drug-likeness (QED) is 0.870. The Hall–Kier alpha value is -2.14. The molecule has 2 amide bonds. The molecule has 0 radical (unpaired) electrons. The molecule has 0 aliphatic heterocycles. The van der Waals surface area contributed by atoms with E-state index in [0.29, 0.717) is 22.0 Å². The monoisotopic (exact) mass is 342 g/mol. The van der Waals surface area contributed by atoms with Gasteiger partial charge >= 0.3 is 0 Å². The van der Waals surface area contributed by atoms with Gasteiger partial charge in [-0.2, -0.15) is 0 Å². The summed E-state index contributed by atoms with van der Waals surface area (Å²) < 4.78 is 0. The topological polar surface area (TPSA) is 58.2 Å². The molecule has 0 bridgehead atoms. The van der Waals surface area contributed by atoms with Crippen molar-refractivity contribution in [1.82, 2.24) is 5.32 Å². The zero-order valence-electron chi connectivity index (χ0n) is 13.7. The Balaban J connectivity index is 1.59. The van der Waals surface area contributed by atoms with E-state index in [1.807, 2.05) is 11.4 Å². The van der Waals surface area contributed by atoms with Gasteiger partial charge in [-0.15, -0.1) is 11.3 Å². The van der Waals surface area contributed by atoms with Crippen LogP contribution in [0.2, 0.25) is 0 Å². The first-order valence-electron chi connectivity index (χ1n) is 8.39. The number of carbonyl (C=O) groups excluding carboxylic acids is 2. The molecule has 5 heteroatoms. The van der Waals surface area contributed by atoms with Gasteiger partial charge in [0.05, 0.1) is 4.88 Å². The number of amides is 2. The molecule has 24 heavy (non-hydrogen) atoms. The number of hydrogen-bond acceptors (Lipinski definition) is 3. The maximum atomic E-state index is 12.4. The van der Waals surface area contributed by atoms with Crippen molar-refractivity contribution in [2.75, 3.05) is 5.32 Å². The van der Waals surface area contributed by atoms with Gasteiger partial charge in [-0.3, -0.25) is 9.59 Å². The average molecular weight is 342 g/mol. The highest BCUT2D eigenvalue weighted by Crippen LogP contribution is 2.24. The van der Waals surface area contributed by atoms with Crippen molar-refractivity contribution in [3.8, 4) is 0 Å². The van der Waals surface area contributed by atoms with Gasteiger partial charge in [0.15, 0.2) is 0 Å². The minimum Gasteiger partial charge on any atom is -0.349 e. The van der Waals surface area contributed by atoms with Crippen LogP contribution in [0.4, 0.5) is 5.69 Å². The number of carbonyl (C=O) groups is 2. The summed E-state index contributed by atoms with van der Waals surface area (Å²) in [5.41, 5.74) is 1.32. The standard InChI is InChI=1S/C19H22N2O2S/c1-13-5-2-3-6-16(13)21-18(22)14-8-10-15(11-9-14)20-19(23)17-7-4-12-24-17/h4,7-13,16H,2-3,5-6H2,1H3,(H,20,23)(H,21,22)/t13-,16+/m1/s1. The third-order valence-corrected chi connectivity index (χ3v) is 5.45. The first kappa shape index (κ1) is 16.7. The van der Waals surface area contributed by atoms with Crippen molar-refractivity contribution >= 4 is 28.8 Å². The Kier molecular flexibility index (Phi) is 5.30. The summed E-state index contributed by atoms with van der Waals surface area (Å²) in [5, 5.41) is 7.85. The SMILES string of the molecule is C[C@@H]1CCCC[C@@H]1NC(=O)c1ccc(NC(=O)c2cccs2)cc1. The molecular weight excluding hydrogens is 320 g/mol. The van der Waals surface area contributed by atoms with Gasteiger partial charge in [0, 0.05) is 17.3 Å². The lowest BCUT2D eigenvalue weighted by Gasteiger charge is -2.29. The molecule has 0 unspecified atom stereocenters. The molecule has 0 spiro atoms. The number of thiophene rings is 1. The molecule has 4 nitrogen and oxygen atoms in total. The molecule has 1 aliphatic carbocycles. The summed E-state index contributed by atoms with van der Waals surface area (Å²) in [5.74, 6) is 0.371. The number of rotatable bonds is 4. The first-order chi connectivity index (χ1) is 11.6. The number of benzene rings is 1. The van der Waals surface area contributed by atoms with E-state index < -0.39 is 0 Å². The lowest BCUT2D eigenvalue weighted by Crippen LogP contribution is -2.41. The third kappa shape index (κ3) is 4.03. The molecule has 1 aromatic heterocycles. The van der Waals surface area contributed by atoms with Crippen molar-refractivity contribution in [3.05, 3.63) is 52.2 Å². The zero-order valence-corrected chi connectivity index (χ0v) is 14.6. The van der Waals surface area contributed by atoms with Crippen molar-refractivity contribution in [1.29, 1.82) is 0 Å². The fraction of sp³-hybridized carbons (Fsp3) is 0.368. The summed E-state index contributed by atoms with van der Waals surface area (Å²) in [6.07, 6.45) is 4.68. The Labute approximate surface area is 146 Å². The second-order valence-corrected chi connectivity index (χ2v) is 7.30. The van der Waals surface area contributed by atoms with Crippen LogP contribution in [0.1, 0.15) is 52.6 Å². The fourth-order valence-electron chi connectivity index (χ4n) is 3.09. The summed E-state index contributed by atoms with van der Waals surface area (Å²) in [6, 6.07) is 11.0. The van der Waals surface area contributed by atoms with E-state index >= 15 is 0 Å². The third-order valence-electron chi connectivity index (χ3n) is 4.58. The first-order valence-corrected chi connectivity index (χ1v) is 9.27. The Morgan fingerprint density at radius 2 is 1.79 bits per heavy atom. The van der Waals surface area contributed by atoms with E-state index in [1.165, 1.54) is 30.6 Å². The van der Waals surface area contributed by atoms with Gasteiger partial charge in [0.2, 0.25) is 0 Å². The molecule has 1 fully saturated rings. The Morgan fingerprint density at radius 3 is 2.46 bits per heavy atom. The maximum Gasteiger partial charge on any atom is 0.265 e. The average Bonchev–Trinajstić information content (AvgIpc) is 3.12. The Morgan fingerprint density at radius 1 is 1.04 bits per heavy atom. The number of nitrogens with one attached hydrogen (secondary N) is 2. The van der Waals surface area contributed by atoms with Gasteiger partial charge in [-0.05, 0) is 54.5 Å². The molecule has 2 N–H and O–H groups in total. The number of anilines is 1. The van der Waals surface area contributed by atoms with Crippen molar-refractivity contribution in [3.63, 3.8) is 0 Å². The van der Waals surface area contributed by atoms with E-state index in [1.54, 1.807) is 30.3 Å². The number of hydrogen-bond donors (Lipinski definition) is 2. The summed E-state index contributed by atoms with van der Waals surface area (Å²) in [7, 11) is 0. The Bertz CT molecular complexity index is 695. The van der Waals surface area contributed by atoms with Crippen LogP contribution >= 0.6 is 11.3 Å². The molecule has 3 rings (SSSR count). The maximum absolute atomic E-state index is 12.4. The largest absolute Gasteiger partial charge is 0.349 e. The molecule has 126 valence electrons. The van der Waals surface area contributed by atoms with E-state index in [-0.39, 0.29) is 17.9 Å². The minimum absolute atomic E-state index is 0.0371. The highest BCUT2D eigenvalue weighted by atomic mass is 32.1. The van der Waals surface area contributed by atoms with Crippen LogP contribution in [0.3, 0.4) is 0 Å². The van der Waals surface area contributed by atoms with Crippen LogP contribution in [-0.4, -0.2) is 17.9 Å². The van der Waals surface area contributed by atoms with Gasteiger partial charge in [0.25, 0.3) is 11.8 Å². The van der Waals surface area contributed by atoms with Crippen molar-refractivity contribution in [2.24, 2.45) is 5.92 Å². The molecular formula is C19H22N2O2S. The molecule has 1 aliphatic rings. The summed E-state index contributed by atoms with van der Waals surface area (Å²) in [4.78, 5) is 25.1. The van der Waals surface area contributed by atoms with Crippen LogP contribution in [0.15, 0.2) is 41.8 Å². The second kappa shape index (κ2) is 7.62. The molecule has 2 aromatic rings. The fourth-order valence-corrected chi connectivity index (χ4v) is 3.71. The predicted octanol–water partition coefficient (Wildman–Crippen LogP) is 4.31. The van der Waals surface area contributed by atoms with Gasteiger partial charge in [-0.1, -0.05) is 25.8 Å². The lowest BCUT2D eigenvalue weighted by atomic mass is 9.86. The highest BCUT2D eigenvalue weighted by Gasteiger charge is 2.23. The minimum atomic E-state index is -0.127. The van der Waals surface area contributed by atoms with Crippen LogP contribution in [0.5, 0.6) is 0 Å². The second-order valence-electron chi connectivity index (χ2n) is 6.35. The van der Waals surface area contributed by atoms with Crippen LogP contribution < -0.4 is 10.6 Å². The van der Waals surface area contributed by atoms with Gasteiger partial charge in [-0.25, -0.2) is 0 Å². The van der Waals surface area contributed by atoms with Gasteiger partial charge < -0.3 is 10.6 Å². The zero-order chi connectivity index (χ0) is 16.9. The lowest BCUT2D eigenvalue weighted by molar-refractivity contribution is 0.0910. The molecule has 0 saturated heterocycles. The smallest absolute Gasteiger partial charge is 0.265 e. The van der Waals surface area contributed by atoms with E-state index in [2.05, 4.69) is 17.6 Å². The molecule has 1 aromatic carbocycles. The van der Waals surface area contributed by atoms with E-state index in [4.69, 9.17) is 0 Å². The van der Waals surface area contributed by atoms with E-state index in [9.17, 15) is 9.59 Å². The van der Waals surface area contributed by atoms with Crippen molar-refractivity contribution < 1.29 is 9.59 Å². The normalized spacial score (nSPS) is 20.4. The molecule has 1 heterocycles. The molecule has 2 atom stereocenters. The molecule has 1 saturated carbocycles. The van der Waals surface area contributed by atoms with Crippen LogP contribution in [-0.2, 0) is 0 Å². The predicted molar refractivity (Wildman–Crippen MR) is 97.6 cm³/mol. The van der Waals surface area contributed by atoms with Crippen molar-refractivity contribution in [2.45, 2.75) is 38.6 Å². The van der Waals surface area contributed by atoms with Crippen LogP contribution in [0, 0.1) is 5.92 Å². The van der Waals surface area contributed by atoms with Gasteiger partial charge in [0.1, 0.15) is 0 Å². The van der Waals surface area contributed by atoms with E-state index in [0.717, 1.165) is 6.42 Å². The van der Waals surface area contributed by atoms with Crippen LogP contribution in [0.25, 0.3) is 0 Å².